The zero-order valence-corrected chi connectivity index (χ0v) is 10.6. The standard InChI is InChI=1S/C14H12ClNO2/c1-2-18-13-5-12(7-16-8-13)10-3-4-11(9-17)14(15)6-10/h3-9H,2H2,1H3. The number of hydrogen-bond acceptors (Lipinski definition) is 3. The zero-order chi connectivity index (χ0) is 13.0. The summed E-state index contributed by atoms with van der Waals surface area (Å²) < 4.78 is 5.39. The molecule has 2 aromatic rings. The summed E-state index contributed by atoms with van der Waals surface area (Å²) in [6.07, 6.45) is 4.13. The van der Waals surface area contributed by atoms with Crippen LogP contribution in [-0.2, 0) is 0 Å². The van der Waals surface area contributed by atoms with Gasteiger partial charge in [-0.1, -0.05) is 17.7 Å². The second-order valence-corrected chi connectivity index (χ2v) is 4.10. The largest absolute Gasteiger partial charge is 0.492 e. The third kappa shape index (κ3) is 2.68. The lowest BCUT2D eigenvalue weighted by Crippen LogP contribution is -1.92. The lowest BCUT2D eigenvalue weighted by molar-refractivity contribution is 0.112. The van der Waals surface area contributed by atoms with E-state index in [1.54, 1.807) is 24.5 Å². The third-order valence-electron chi connectivity index (χ3n) is 2.48. The molecule has 0 aliphatic carbocycles. The van der Waals surface area contributed by atoms with Crippen molar-refractivity contribution >= 4 is 17.9 Å². The molecule has 0 saturated carbocycles. The first-order valence-electron chi connectivity index (χ1n) is 5.57. The molecule has 4 heteroatoms. The van der Waals surface area contributed by atoms with Gasteiger partial charge in [0.15, 0.2) is 6.29 Å². The lowest BCUT2D eigenvalue weighted by Gasteiger charge is -2.06. The van der Waals surface area contributed by atoms with Crippen LogP contribution in [-0.4, -0.2) is 17.9 Å². The molecule has 0 aliphatic rings. The molecule has 1 aromatic carbocycles. The second-order valence-electron chi connectivity index (χ2n) is 3.70. The number of hydrogen-bond donors (Lipinski definition) is 0. The van der Waals surface area contributed by atoms with E-state index in [-0.39, 0.29) is 0 Å². The first-order valence-corrected chi connectivity index (χ1v) is 5.95. The van der Waals surface area contributed by atoms with Gasteiger partial charge in [0.2, 0.25) is 0 Å². The quantitative estimate of drug-likeness (QED) is 0.789. The summed E-state index contributed by atoms with van der Waals surface area (Å²) in [6.45, 7) is 2.51. The van der Waals surface area contributed by atoms with Crippen LogP contribution in [0.25, 0.3) is 11.1 Å². The SMILES string of the molecule is CCOc1cncc(-c2ccc(C=O)c(Cl)c2)c1. The molecule has 0 amide bonds. The van der Waals surface area contributed by atoms with Crippen LogP contribution in [0, 0.1) is 0 Å². The van der Waals surface area contributed by atoms with E-state index in [1.807, 2.05) is 19.1 Å². The van der Waals surface area contributed by atoms with E-state index >= 15 is 0 Å². The average molecular weight is 262 g/mol. The molecule has 0 unspecified atom stereocenters. The van der Waals surface area contributed by atoms with Gasteiger partial charge in [-0.25, -0.2) is 0 Å². The van der Waals surface area contributed by atoms with Crippen molar-refractivity contribution in [2.45, 2.75) is 6.92 Å². The maximum absolute atomic E-state index is 10.7. The number of aldehydes is 1. The van der Waals surface area contributed by atoms with Gasteiger partial charge in [0.25, 0.3) is 0 Å². The summed E-state index contributed by atoms with van der Waals surface area (Å²) in [4.78, 5) is 14.8. The van der Waals surface area contributed by atoms with Crippen LogP contribution in [0.5, 0.6) is 5.75 Å². The molecule has 0 radical (unpaired) electrons. The number of rotatable bonds is 4. The van der Waals surface area contributed by atoms with Crippen LogP contribution in [0.15, 0.2) is 36.7 Å². The third-order valence-corrected chi connectivity index (χ3v) is 2.81. The summed E-state index contributed by atoms with van der Waals surface area (Å²) >= 11 is 6.00. The van der Waals surface area contributed by atoms with Crippen molar-refractivity contribution < 1.29 is 9.53 Å². The van der Waals surface area contributed by atoms with Crippen molar-refractivity contribution in [2.75, 3.05) is 6.61 Å². The molecule has 3 nitrogen and oxygen atoms in total. The summed E-state index contributed by atoms with van der Waals surface area (Å²) in [5.41, 5.74) is 2.29. The Morgan fingerprint density at radius 3 is 2.78 bits per heavy atom. The van der Waals surface area contributed by atoms with Crippen molar-refractivity contribution in [2.24, 2.45) is 0 Å². The predicted molar refractivity (Wildman–Crippen MR) is 71.2 cm³/mol. The average Bonchev–Trinajstić information content (AvgIpc) is 2.39. The Labute approximate surface area is 110 Å². The zero-order valence-electron chi connectivity index (χ0n) is 9.89. The lowest BCUT2D eigenvalue weighted by atomic mass is 10.1. The minimum Gasteiger partial charge on any atom is -0.492 e. The predicted octanol–water partition coefficient (Wildman–Crippen LogP) is 3.61. The summed E-state index contributed by atoms with van der Waals surface area (Å²) in [7, 11) is 0. The molecule has 0 N–H and O–H groups in total. The van der Waals surface area contributed by atoms with E-state index in [1.165, 1.54) is 0 Å². The minimum atomic E-state index is 0.435. The van der Waals surface area contributed by atoms with Gasteiger partial charge in [0.05, 0.1) is 17.8 Å². The molecule has 18 heavy (non-hydrogen) atoms. The molecule has 0 atom stereocenters. The molecule has 1 heterocycles. The van der Waals surface area contributed by atoms with Crippen molar-refractivity contribution in [3.8, 4) is 16.9 Å². The highest BCUT2D eigenvalue weighted by atomic mass is 35.5. The first kappa shape index (κ1) is 12.6. The van der Waals surface area contributed by atoms with E-state index in [0.29, 0.717) is 22.9 Å². The number of carbonyl (C=O) groups excluding carboxylic acids is 1. The Hall–Kier alpha value is -1.87. The Bertz CT molecular complexity index is 569. The molecule has 0 fully saturated rings. The minimum absolute atomic E-state index is 0.435. The normalized spacial score (nSPS) is 10.1. The summed E-state index contributed by atoms with van der Waals surface area (Å²) in [6, 6.07) is 7.17. The molecule has 92 valence electrons. The Kier molecular flexibility index (Phi) is 3.95. The smallest absolute Gasteiger partial charge is 0.151 e. The molecular weight excluding hydrogens is 250 g/mol. The van der Waals surface area contributed by atoms with Crippen molar-refractivity contribution in [1.29, 1.82) is 0 Å². The van der Waals surface area contributed by atoms with Gasteiger partial charge in [0.1, 0.15) is 5.75 Å². The summed E-state index contributed by atoms with van der Waals surface area (Å²) in [5.74, 6) is 0.714. The van der Waals surface area contributed by atoms with Crippen molar-refractivity contribution in [1.82, 2.24) is 4.98 Å². The maximum atomic E-state index is 10.7. The van der Waals surface area contributed by atoms with Gasteiger partial charge >= 0.3 is 0 Å². The van der Waals surface area contributed by atoms with Crippen molar-refractivity contribution in [3.05, 3.63) is 47.2 Å². The van der Waals surface area contributed by atoms with Gasteiger partial charge in [-0.2, -0.15) is 0 Å². The van der Waals surface area contributed by atoms with Crippen LogP contribution in [0.3, 0.4) is 0 Å². The van der Waals surface area contributed by atoms with E-state index in [9.17, 15) is 4.79 Å². The maximum Gasteiger partial charge on any atom is 0.151 e. The van der Waals surface area contributed by atoms with Gasteiger partial charge in [-0.05, 0) is 30.7 Å². The highest BCUT2D eigenvalue weighted by molar-refractivity contribution is 6.33. The number of pyridine rings is 1. The van der Waals surface area contributed by atoms with Gasteiger partial charge in [0, 0.05) is 17.3 Å². The highest BCUT2D eigenvalue weighted by Gasteiger charge is 2.04. The molecule has 0 bridgehead atoms. The number of aromatic nitrogens is 1. The van der Waals surface area contributed by atoms with E-state index < -0.39 is 0 Å². The van der Waals surface area contributed by atoms with Crippen LogP contribution in [0.1, 0.15) is 17.3 Å². The molecule has 0 spiro atoms. The number of carbonyl (C=O) groups is 1. The van der Waals surface area contributed by atoms with Crippen LogP contribution >= 0.6 is 11.6 Å². The highest BCUT2D eigenvalue weighted by Crippen LogP contribution is 2.26. The Morgan fingerprint density at radius 1 is 1.28 bits per heavy atom. The van der Waals surface area contributed by atoms with E-state index in [4.69, 9.17) is 16.3 Å². The topological polar surface area (TPSA) is 39.2 Å². The Morgan fingerprint density at radius 2 is 2.11 bits per heavy atom. The van der Waals surface area contributed by atoms with Crippen LogP contribution < -0.4 is 4.74 Å². The fourth-order valence-electron chi connectivity index (χ4n) is 1.62. The number of halogens is 1. The molecule has 0 saturated heterocycles. The van der Waals surface area contributed by atoms with E-state index in [0.717, 1.165) is 17.4 Å². The van der Waals surface area contributed by atoms with Crippen LogP contribution in [0.4, 0.5) is 0 Å². The fraction of sp³-hybridized carbons (Fsp3) is 0.143. The van der Waals surface area contributed by atoms with E-state index in [2.05, 4.69) is 4.98 Å². The van der Waals surface area contributed by atoms with Gasteiger partial charge in [-0.15, -0.1) is 0 Å². The molecule has 2 rings (SSSR count). The van der Waals surface area contributed by atoms with Crippen LogP contribution in [0.2, 0.25) is 5.02 Å². The molecular formula is C14H12ClNO2. The molecule has 1 aromatic heterocycles. The second kappa shape index (κ2) is 5.65. The van der Waals surface area contributed by atoms with Gasteiger partial charge in [-0.3, -0.25) is 9.78 Å². The number of benzene rings is 1. The summed E-state index contributed by atoms with van der Waals surface area (Å²) in [5, 5.41) is 0.435. The molecule has 0 aliphatic heterocycles. The Balaban J connectivity index is 2.39. The fourth-order valence-corrected chi connectivity index (χ4v) is 1.85. The first-order chi connectivity index (χ1) is 8.74. The monoisotopic (exact) mass is 261 g/mol. The van der Waals surface area contributed by atoms with Gasteiger partial charge < -0.3 is 4.74 Å². The van der Waals surface area contributed by atoms with Crippen molar-refractivity contribution in [3.63, 3.8) is 0 Å². The number of ether oxygens (including phenoxy) is 1. The number of nitrogens with zero attached hydrogens (tertiary/aromatic N) is 1.